The highest BCUT2D eigenvalue weighted by Gasteiger charge is 2.56. The average molecular weight is 173 g/mol. The minimum absolute atomic E-state index is 0.459. The van der Waals surface area contributed by atoms with Crippen LogP contribution in [0.5, 0.6) is 0 Å². The van der Waals surface area contributed by atoms with Crippen molar-refractivity contribution >= 4 is 11.6 Å². The molecule has 0 aromatic rings. The van der Waals surface area contributed by atoms with Gasteiger partial charge in [0.05, 0.1) is 0 Å². The molecule has 0 nitrogen and oxygen atoms in total. The van der Waals surface area contributed by atoms with E-state index in [1.165, 1.54) is 19.3 Å². The third-order valence-corrected chi connectivity index (χ3v) is 4.63. The fourth-order valence-corrected chi connectivity index (χ4v) is 3.65. The SMILES string of the molecule is CC1(C)C[C@]2(C)C[C@H]1C[C@H]2Cl. The molecule has 0 N–H and O–H groups in total. The van der Waals surface area contributed by atoms with Crippen molar-refractivity contribution in [3.8, 4) is 0 Å². The molecule has 0 radical (unpaired) electrons. The maximum Gasteiger partial charge on any atom is 0.0392 e. The van der Waals surface area contributed by atoms with E-state index >= 15 is 0 Å². The van der Waals surface area contributed by atoms with Gasteiger partial charge in [-0.1, -0.05) is 20.8 Å². The molecule has 1 heteroatoms. The van der Waals surface area contributed by atoms with Gasteiger partial charge in [0.1, 0.15) is 0 Å². The van der Waals surface area contributed by atoms with Crippen molar-refractivity contribution < 1.29 is 0 Å². The highest BCUT2D eigenvalue weighted by Crippen LogP contribution is 2.63. The topological polar surface area (TPSA) is 0 Å². The zero-order valence-electron chi connectivity index (χ0n) is 7.65. The summed E-state index contributed by atoms with van der Waals surface area (Å²) in [4.78, 5) is 0. The molecule has 0 amide bonds. The van der Waals surface area contributed by atoms with Crippen LogP contribution in [-0.2, 0) is 0 Å². The Morgan fingerprint density at radius 1 is 1.27 bits per heavy atom. The van der Waals surface area contributed by atoms with Gasteiger partial charge < -0.3 is 0 Å². The van der Waals surface area contributed by atoms with Crippen molar-refractivity contribution in [2.24, 2.45) is 16.7 Å². The Labute approximate surface area is 74.3 Å². The third kappa shape index (κ3) is 0.950. The Kier molecular flexibility index (Phi) is 1.41. The first-order valence-corrected chi connectivity index (χ1v) is 5.02. The van der Waals surface area contributed by atoms with Gasteiger partial charge in [0.25, 0.3) is 0 Å². The molecule has 0 spiro atoms. The molecule has 0 unspecified atom stereocenters. The summed E-state index contributed by atoms with van der Waals surface area (Å²) in [5, 5.41) is 0.459. The standard InChI is InChI=1S/C10H17Cl/c1-9(2)6-10(3)5-7(9)4-8(10)11/h7-8H,4-6H2,1-3H3/t7-,8-,10+/m1/s1. The predicted octanol–water partition coefficient (Wildman–Crippen LogP) is 3.44. The molecule has 3 atom stereocenters. The molecule has 0 aliphatic heterocycles. The van der Waals surface area contributed by atoms with E-state index in [9.17, 15) is 0 Å². The summed E-state index contributed by atoms with van der Waals surface area (Å²) in [6, 6.07) is 0. The highest BCUT2D eigenvalue weighted by molar-refractivity contribution is 6.21. The summed E-state index contributed by atoms with van der Waals surface area (Å²) in [5.41, 5.74) is 1.04. The number of fused-ring (bicyclic) bond motifs is 2. The van der Waals surface area contributed by atoms with E-state index in [1.54, 1.807) is 0 Å². The summed E-state index contributed by atoms with van der Waals surface area (Å²) in [6.07, 6.45) is 3.96. The van der Waals surface area contributed by atoms with Crippen molar-refractivity contribution in [1.82, 2.24) is 0 Å². The van der Waals surface area contributed by atoms with Gasteiger partial charge in [0, 0.05) is 5.38 Å². The fourth-order valence-electron chi connectivity index (χ4n) is 3.27. The van der Waals surface area contributed by atoms with Gasteiger partial charge >= 0.3 is 0 Å². The molecule has 2 bridgehead atoms. The second-order valence-corrected chi connectivity index (χ2v) is 5.95. The van der Waals surface area contributed by atoms with Crippen LogP contribution in [0, 0.1) is 16.7 Å². The first-order chi connectivity index (χ1) is 4.94. The lowest BCUT2D eigenvalue weighted by Gasteiger charge is -2.36. The molecule has 0 saturated heterocycles. The summed E-state index contributed by atoms with van der Waals surface area (Å²) in [7, 11) is 0. The molecular weight excluding hydrogens is 156 g/mol. The molecule has 2 fully saturated rings. The number of halogens is 1. The molecule has 2 aliphatic rings. The number of hydrogen-bond acceptors (Lipinski definition) is 0. The Morgan fingerprint density at radius 2 is 1.91 bits per heavy atom. The fraction of sp³-hybridized carbons (Fsp3) is 1.00. The summed E-state index contributed by atoms with van der Waals surface area (Å²) >= 11 is 6.28. The van der Waals surface area contributed by atoms with Crippen LogP contribution in [0.1, 0.15) is 40.0 Å². The van der Waals surface area contributed by atoms with E-state index in [0.29, 0.717) is 16.2 Å². The Morgan fingerprint density at radius 3 is 2.18 bits per heavy atom. The van der Waals surface area contributed by atoms with Crippen LogP contribution in [0.25, 0.3) is 0 Å². The molecule has 0 aromatic heterocycles. The smallest absolute Gasteiger partial charge is 0.0392 e. The van der Waals surface area contributed by atoms with Crippen LogP contribution < -0.4 is 0 Å². The Balaban J connectivity index is 2.27. The second-order valence-electron chi connectivity index (χ2n) is 5.42. The van der Waals surface area contributed by atoms with Crippen molar-refractivity contribution in [3.63, 3.8) is 0 Å². The Hall–Kier alpha value is 0.290. The van der Waals surface area contributed by atoms with Crippen LogP contribution in [0.2, 0.25) is 0 Å². The lowest BCUT2D eigenvalue weighted by atomic mass is 9.73. The van der Waals surface area contributed by atoms with E-state index in [4.69, 9.17) is 11.6 Å². The first kappa shape index (κ1) is 7.91. The van der Waals surface area contributed by atoms with Crippen molar-refractivity contribution in [2.75, 3.05) is 0 Å². The van der Waals surface area contributed by atoms with Gasteiger partial charge in [-0.25, -0.2) is 0 Å². The van der Waals surface area contributed by atoms with Crippen LogP contribution in [0.3, 0.4) is 0 Å². The lowest BCUT2D eigenvalue weighted by Crippen LogP contribution is -2.30. The molecular formula is C10H17Cl. The summed E-state index contributed by atoms with van der Waals surface area (Å²) in [6.45, 7) is 7.15. The third-order valence-electron chi connectivity index (χ3n) is 3.93. The second kappa shape index (κ2) is 1.96. The van der Waals surface area contributed by atoms with Gasteiger partial charge in [0.15, 0.2) is 0 Å². The predicted molar refractivity (Wildman–Crippen MR) is 48.9 cm³/mol. The van der Waals surface area contributed by atoms with E-state index in [-0.39, 0.29) is 0 Å². The molecule has 2 aliphatic carbocycles. The van der Waals surface area contributed by atoms with Gasteiger partial charge in [-0.15, -0.1) is 11.6 Å². The van der Waals surface area contributed by atoms with Gasteiger partial charge in [0.2, 0.25) is 0 Å². The normalized spacial score (nSPS) is 53.5. The highest BCUT2D eigenvalue weighted by atomic mass is 35.5. The summed E-state index contributed by atoms with van der Waals surface area (Å²) in [5.74, 6) is 0.898. The van der Waals surface area contributed by atoms with E-state index in [0.717, 1.165) is 5.92 Å². The van der Waals surface area contributed by atoms with Gasteiger partial charge in [-0.3, -0.25) is 0 Å². The maximum atomic E-state index is 6.28. The van der Waals surface area contributed by atoms with E-state index in [1.807, 2.05) is 0 Å². The van der Waals surface area contributed by atoms with Gasteiger partial charge in [-0.05, 0) is 36.0 Å². The molecule has 2 rings (SSSR count). The lowest BCUT2D eigenvalue weighted by molar-refractivity contribution is 0.186. The minimum Gasteiger partial charge on any atom is -0.122 e. The first-order valence-electron chi connectivity index (χ1n) is 4.58. The number of alkyl halides is 1. The average Bonchev–Trinajstić information content (AvgIpc) is 2.16. The van der Waals surface area contributed by atoms with Crippen molar-refractivity contribution in [3.05, 3.63) is 0 Å². The van der Waals surface area contributed by atoms with Crippen LogP contribution in [-0.4, -0.2) is 5.38 Å². The number of rotatable bonds is 0. The van der Waals surface area contributed by atoms with E-state index in [2.05, 4.69) is 20.8 Å². The Bertz CT molecular complexity index is 185. The van der Waals surface area contributed by atoms with Crippen LogP contribution in [0.4, 0.5) is 0 Å². The minimum atomic E-state index is 0.459. The summed E-state index contributed by atoms with van der Waals surface area (Å²) < 4.78 is 0. The molecule has 11 heavy (non-hydrogen) atoms. The zero-order valence-corrected chi connectivity index (χ0v) is 8.41. The number of hydrogen-bond donors (Lipinski definition) is 0. The van der Waals surface area contributed by atoms with Crippen molar-refractivity contribution in [2.45, 2.75) is 45.4 Å². The maximum absolute atomic E-state index is 6.28. The monoisotopic (exact) mass is 172 g/mol. The zero-order chi connectivity index (χ0) is 8.28. The van der Waals surface area contributed by atoms with E-state index < -0.39 is 0 Å². The van der Waals surface area contributed by atoms with Crippen LogP contribution >= 0.6 is 11.6 Å². The molecule has 0 aromatic carbocycles. The van der Waals surface area contributed by atoms with Gasteiger partial charge in [-0.2, -0.15) is 0 Å². The quantitative estimate of drug-likeness (QED) is 0.491. The largest absolute Gasteiger partial charge is 0.122 e. The molecule has 64 valence electrons. The van der Waals surface area contributed by atoms with Crippen LogP contribution in [0.15, 0.2) is 0 Å². The molecule has 0 heterocycles. The van der Waals surface area contributed by atoms with Crippen molar-refractivity contribution in [1.29, 1.82) is 0 Å². The molecule has 2 saturated carbocycles.